The van der Waals surface area contributed by atoms with Crippen LogP contribution in [-0.4, -0.2) is 60.5 Å². The third-order valence-electron chi connectivity index (χ3n) is 6.67. The average molecular weight is 583 g/mol. The van der Waals surface area contributed by atoms with Gasteiger partial charge >= 0.3 is 0 Å². The summed E-state index contributed by atoms with van der Waals surface area (Å²) in [6.07, 6.45) is 3.33. The van der Waals surface area contributed by atoms with Crippen molar-refractivity contribution < 1.29 is 9.90 Å². The molecule has 0 saturated carbocycles. The number of hydrogen-bond acceptors (Lipinski definition) is 5. The Morgan fingerprint density at radius 1 is 1.15 bits per heavy atom. The van der Waals surface area contributed by atoms with Gasteiger partial charge in [0.15, 0.2) is 5.82 Å². The highest BCUT2D eigenvalue weighted by Gasteiger charge is 2.28. The van der Waals surface area contributed by atoms with Gasteiger partial charge in [0.2, 0.25) is 6.41 Å². The molecule has 0 bridgehead atoms. The van der Waals surface area contributed by atoms with Crippen LogP contribution in [0.15, 0.2) is 66.2 Å². The molecule has 0 aliphatic carbocycles. The summed E-state index contributed by atoms with van der Waals surface area (Å²) in [5.41, 5.74) is 2.78. The average Bonchev–Trinajstić information content (AvgIpc) is 2.93. The number of anilines is 2. The number of nitrogens with zero attached hydrogens (tertiary/aromatic N) is 4. The van der Waals surface area contributed by atoms with E-state index in [0.717, 1.165) is 18.4 Å². The fourth-order valence-electron chi connectivity index (χ4n) is 4.74. The predicted molar refractivity (Wildman–Crippen MR) is 167 cm³/mol. The number of aromatic nitrogens is 1. The van der Waals surface area contributed by atoms with Crippen molar-refractivity contribution in [2.75, 3.05) is 32.1 Å². The highest BCUT2D eigenvalue weighted by Crippen LogP contribution is 2.42. The van der Waals surface area contributed by atoms with E-state index in [1.165, 1.54) is 11.0 Å². The van der Waals surface area contributed by atoms with Crippen LogP contribution in [0, 0.1) is 0 Å². The maximum absolute atomic E-state index is 12.9. The number of pyridine rings is 1. The van der Waals surface area contributed by atoms with Crippen molar-refractivity contribution in [3.8, 4) is 17.0 Å². The molecule has 0 radical (unpaired) electrons. The van der Waals surface area contributed by atoms with E-state index in [2.05, 4.69) is 42.6 Å². The third-order valence-corrected chi connectivity index (χ3v) is 7.27. The molecule has 40 heavy (non-hydrogen) atoms. The molecule has 0 saturated heterocycles. The fourth-order valence-corrected chi connectivity index (χ4v) is 5.25. The Morgan fingerprint density at radius 3 is 2.48 bits per heavy atom. The van der Waals surface area contributed by atoms with Gasteiger partial charge in [0.25, 0.3) is 0 Å². The molecule has 2 aromatic carbocycles. The van der Waals surface area contributed by atoms with Gasteiger partial charge < -0.3 is 15.3 Å². The van der Waals surface area contributed by atoms with E-state index in [9.17, 15) is 9.90 Å². The summed E-state index contributed by atoms with van der Waals surface area (Å²) < 4.78 is 0. The Balaban J connectivity index is 2.39. The fraction of sp³-hybridized carbons (Fsp3) is 0.323. The van der Waals surface area contributed by atoms with Crippen LogP contribution in [0.3, 0.4) is 0 Å². The minimum Gasteiger partial charge on any atom is -0.507 e. The second-order valence-electron chi connectivity index (χ2n) is 9.74. The number of carbonyl (C=O) groups excluding carboxylic acids is 1. The molecule has 1 unspecified atom stereocenters. The van der Waals surface area contributed by atoms with Gasteiger partial charge in [0.1, 0.15) is 11.6 Å². The highest BCUT2D eigenvalue weighted by molar-refractivity contribution is 6.37. The molecule has 0 aliphatic heterocycles. The van der Waals surface area contributed by atoms with Crippen LogP contribution in [-0.2, 0) is 4.79 Å². The van der Waals surface area contributed by atoms with E-state index >= 15 is 0 Å². The molecule has 3 rings (SSSR count). The molecule has 1 aromatic heterocycles. The number of carbonyl (C=O) groups is 1. The van der Waals surface area contributed by atoms with Gasteiger partial charge in [0, 0.05) is 26.2 Å². The zero-order valence-electron chi connectivity index (χ0n) is 23.7. The largest absolute Gasteiger partial charge is 0.507 e. The molecular formula is C31H37Cl2N5O2. The summed E-state index contributed by atoms with van der Waals surface area (Å²) in [6.45, 7) is 11.5. The van der Waals surface area contributed by atoms with Gasteiger partial charge in [-0.2, -0.15) is 0 Å². The number of aromatic hydroxyl groups is 1. The molecule has 3 aromatic rings. The maximum Gasteiger partial charge on any atom is 0.219 e. The summed E-state index contributed by atoms with van der Waals surface area (Å²) in [5, 5.41) is 14.5. The van der Waals surface area contributed by atoms with Crippen molar-refractivity contribution >= 4 is 47.0 Å². The lowest BCUT2D eigenvalue weighted by atomic mass is 10.00. The highest BCUT2D eigenvalue weighted by atomic mass is 35.5. The van der Waals surface area contributed by atoms with E-state index in [1.54, 1.807) is 25.2 Å². The van der Waals surface area contributed by atoms with Crippen molar-refractivity contribution in [2.24, 2.45) is 4.99 Å². The zero-order chi connectivity index (χ0) is 29.4. The first-order chi connectivity index (χ1) is 19.2. The molecule has 9 heteroatoms. The van der Waals surface area contributed by atoms with Gasteiger partial charge in [-0.25, -0.2) is 4.98 Å². The summed E-state index contributed by atoms with van der Waals surface area (Å²) in [6, 6.07) is 14.3. The maximum atomic E-state index is 12.9. The van der Waals surface area contributed by atoms with Crippen molar-refractivity contribution in [2.45, 2.75) is 39.2 Å². The van der Waals surface area contributed by atoms with Crippen LogP contribution < -0.4 is 10.2 Å². The quantitative estimate of drug-likeness (QED) is 0.104. The molecule has 0 aliphatic rings. The first-order valence-corrected chi connectivity index (χ1v) is 14.0. The Hall–Kier alpha value is -3.39. The molecular weight excluding hydrogens is 545 g/mol. The Kier molecular flexibility index (Phi) is 11.1. The topological polar surface area (TPSA) is 81.1 Å². The lowest BCUT2D eigenvalue weighted by Gasteiger charge is -2.34. The van der Waals surface area contributed by atoms with E-state index in [1.807, 2.05) is 37.4 Å². The molecule has 212 valence electrons. The SMILES string of the molecule is C=CCCN(/C(=N/C)c1cc(Cl)c(-c2c(O)cccc2Cl)nc1N(C=O)c1ccccc1C(C)C)C(C)CNC. The van der Waals surface area contributed by atoms with Crippen LogP contribution in [0.4, 0.5) is 11.5 Å². The standard InChI is InChI=1S/C31H37Cl2N5O2/c1-7-8-16-37(21(4)18-34-5)30(35-6)23-17-25(33)29(28-24(32)13-11-15-27(28)40)36-31(23)38(19-39)26-14-10-9-12-22(26)20(2)3/h7,9-15,17,19-21,34,40H,1,8,16,18H2,2-6H3/b35-30+. The van der Waals surface area contributed by atoms with E-state index < -0.39 is 0 Å². The first kappa shape index (κ1) is 31.1. The zero-order valence-corrected chi connectivity index (χ0v) is 25.2. The number of nitrogens with one attached hydrogen (secondary N) is 1. The van der Waals surface area contributed by atoms with Crippen LogP contribution in [0.1, 0.15) is 44.2 Å². The summed E-state index contributed by atoms with van der Waals surface area (Å²) in [5.74, 6) is 1.02. The number of para-hydroxylation sites is 1. The summed E-state index contributed by atoms with van der Waals surface area (Å²) >= 11 is 13.4. The predicted octanol–water partition coefficient (Wildman–Crippen LogP) is 7.04. The van der Waals surface area contributed by atoms with Crippen molar-refractivity contribution in [1.29, 1.82) is 0 Å². The van der Waals surface area contributed by atoms with Crippen molar-refractivity contribution in [3.63, 3.8) is 0 Å². The van der Waals surface area contributed by atoms with E-state index in [-0.39, 0.29) is 39.0 Å². The monoisotopic (exact) mass is 581 g/mol. The smallest absolute Gasteiger partial charge is 0.219 e. The van der Waals surface area contributed by atoms with Crippen molar-refractivity contribution in [1.82, 2.24) is 15.2 Å². The number of amides is 1. The van der Waals surface area contributed by atoms with Gasteiger partial charge in [0.05, 0.1) is 32.6 Å². The van der Waals surface area contributed by atoms with Gasteiger partial charge in [-0.3, -0.25) is 14.7 Å². The Labute approximate surface area is 247 Å². The van der Waals surface area contributed by atoms with Gasteiger partial charge in [-0.1, -0.05) is 67.4 Å². The van der Waals surface area contributed by atoms with Crippen LogP contribution in [0.5, 0.6) is 5.75 Å². The number of phenols is 1. The molecule has 1 heterocycles. The molecule has 0 fully saturated rings. The molecule has 1 atom stereocenters. The molecule has 7 nitrogen and oxygen atoms in total. The molecule has 2 N–H and O–H groups in total. The van der Waals surface area contributed by atoms with Crippen molar-refractivity contribution in [3.05, 3.63) is 82.4 Å². The number of hydrogen-bond donors (Lipinski definition) is 2. The lowest BCUT2D eigenvalue weighted by Crippen LogP contribution is -2.45. The third kappa shape index (κ3) is 6.66. The number of halogens is 2. The number of rotatable bonds is 12. The minimum absolute atomic E-state index is 0.0511. The number of likely N-dealkylation sites (N-methyl/N-ethyl adjacent to an activating group) is 1. The Bertz CT molecular complexity index is 1360. The minimum atomic E-state index is -0.0690. The number of benzene rings is 2. The van der Waals surface area contributed by atoms with Crippen LogP contribution in [0.2, 0.25) is 10.0 Å². The number of amidine groups is 1. The second kappa shape index (κ2) is 14.3. The van der Waals surface area contributed by atoms with Crippen LogP contribution >= 0.6 is 23.2 Å². The van der Waals surface area contributed by atoms with E-state index in [0.29, 0.717) is 36.0 Å². The lowest BCUT2D eigenvalue weighted by molar-refractivity contribution is -0.106. The molecule has 0 spiro atoms. The number of phenolic OH excluding ortho intramolecular Hbond substituents is 1. The molecule has 1 amide bonds. The summed E-state index contributed by atoms with van der Waals surface area (Å²) in [7, 11) is 3.61. The second-order valence-corrected chi connectivity index (χ2v) is 10.6. The Morgan fingerprint density at radius 2 is 1.88 bits per heavy atom. The first-order valence-electron chi connectivity index (χ1n) is 13.2. The van der Waals surface area contributed by atoms with Gasteiger partial charge in [-0.05, 0) is 56.1 Å². The van der Waals surface area contributed by atoms with Crippen LogP contribution in [0.25, 0.3) is 11.3 Å². The van der Waals surface area contributed by atoms with Gasteiger partial charge in [-0.15, -0.1) is 6.58 Å². The summed E-state index contributed by atoms with van der Waals surface area (Å²) in [4.78, 5) is 26.2. The number of aliphatic imine (C=N–C) groups is 1. The normalized spacial score (nSPS) is 12.3. The van der Waals surface area contributed by atoms with E-state index in [4.69, 9.17) is 28.2 Å².